The zero-order valence-corrected chi connectivity index (χ0v) is 20.1. The molecule has 2 aromatic rings. The predicted octanol–water partition coefficient (Wildman–Crippen LogP) is 5.30. The zero-order valence-electron chi connectivity index (χ0n) is 20.1. The molecule has 184 valence electrons. The Morgan fingerprint density at radius 3 is 2.35 bits per heavy atom. The van der Waals surface area contributed by atoms with Gasteiger partial charge in [0.15, 0.2) is 17.4 Å². The topological polar surface area (TPSA) is 68.0 Å². The van der Waals surface area contributed by atoms with Gasteiger partial charge in [-0.25, -0.2) is 8.78 Å². The molecule has 1 heterocycles. The van der Waals surface area contributed by atoms with Crippen LogP contribution in [0.3, 0.4) is 0 Å². The summed E-state index contributed by atoms with van der Waals surface area (Å²) in [5, 5.41) is 19.1. The minimum absolute atomic E-state index is 0.00847. The van der Waals surface area contributed by atoms with Crippen LogP contribution in [0.25, 0.3) is 11.0 Å². The number of hydrogen-bond acceptors (Lipinski definition) is 4. The lowest BCUT2D eigenvalue weighted by Crippen LogP contribution is -2.51. The van der Waals surface area contributed by atoms with Crippen LogP contribution in [0, 0.1) is 52.6 Å². The van der Waals surface area contributed by atoms with E-state index in [-0.39, 0.29) is 34.7 Å². The second-order valence-corrected chi connectivity index (χ2v) is 12.3. The molecule has 0 bridgehead atoms. The fourth-order valence-electron chi connectivity index (χ4n) is 8.89. The molecule has 1 aromatic carbocycles. The van der Waals surface area contributed by atoms with E-state index in [0.717, 1.165) is 62.5 Å². The van der Waals surface area contributed by atoms with Crippen LogP contribution in [0.5, 0.6) is 0 Å². The van der Waals surface area contributed by atoms with Gasteiger partial charge >= 0.3 is 0 Å². The summed E-state index contributed by atoms with van der Waals surface area (Å²) in [5.74, 6) is 1.63. The fraction of sp³-hybridized carbons (Fsp3) is 0.741. The lowest BCUT2D eigenvalue weighted by molar-refractivity contribution is -0.133. The average molecular weight is 472 g/mol. The molecular formula is C27H35F2N3O2. The van der Waals surface area contributed by atoms with Gasteiger partial charge in [0.05, 0.1) is 5.60 Å². The normalized spacial score (nSPS) is 41.7. The van der Waals surface area contributed by atoms with Gasteiger partial charge in [-0.3, -0.25) is 4.79 Å². The number of halogens is 2. The van der Waals surface area contributed by atoms with Crippen molar-refractivity contribution in [1.82, 2.24) is 15.0 Å². The molecule has 8 atom stereocenters. The molecule has 0 amide bonds. The molecule has 1 N–H and O–H groups in total. The van der Waals surface area contributed by atoms with Gasteiger partial charge in [0.25, 0.3) is 0 Å². The first-order chi connectivity index (χ1) is 16.1. The molecular weight excluding hydrogens is 436 g/mol. The number of benzene rings is 1. The van der Waals surface area contributed by atoms with Gasteiger partial charge in [-0.05, 0) is 99.7 Å². The first-order valence-corrected chi connectivity index (χ1v) is 13.1. The maximum Gasteiger partial charge on any atom is 0.161 e. The lowest BCUT2D eigenvalue weighted by Gasteiger charge is -2.56. The van der Waals surface area contributed by atoms with E-state index in [2.05, 4.69) is 17.1 Å². The van der Waals surface area contributed by atoms with Crippen molar-refractivity contribution in [1.29, 1.82) is 0 Å². The summed E-state index contributed by atoms with van der Waals surface area (Å²) >= 11 is 0. The number of carbonyl (C=O) groups is 1. The Labute approximate surface area is 199 Å². The summed E-state index contributed by atoms with van der Waals surface area (Å²) in [7, 11) is 0. The van der Waals surface area contributed by atoms with Crippen molar-refractivity contribution in [3.8, 4) is 0 Å². The molecule has 8 unspecified atom stereocenters. The number of hydrogen-bond donors (Lipinski definition) is 1. The third kappa shape index (κ3) is 3.52. The van der Waals surface area contributed by atoms with Crippen molar-refractivity contribution in [3.63, 3.8) is 0 Å². The van der Waals surface area contributed by atoms with Crippen molar-refractivity contribution < 1.29 is 18.7 Å². The van der Waals surface area contributed by atoms with Crippen LogP contribution in [0.15, 0.2) is 12.1 Å². The maximum atomic E-state index is 13.5. The Morgan fingerprint density at radius 1 is 0.971 bits per heavy atom. The van der Waals surface area contributed by atoms with E-state index in [0.29, 0.717) is 17.8 Å². The van der Waals surface area contributed by atoms with Crippen LogP contribution in [0.2, 0.25) is 0 Å². The summed E-state index contributed by atoms with van der Waals surface area (Å²) in [5.41, 5.74) is 0.0536. The molecule has 0 spiro atoms. The van der Waals surface area contributed by atoms with Gasteiger partial charge in [-0.2, -0.15) is 15.0 Å². The first-order valence-electron chi connectivity index (χ1n) is 13.1. The summed E-state index contributed by atoms with van der Waals surface area (Å²) in [6.45, 7) is 4.39. The predicted molar refractivity (Wildman–Crippen MR) is 124 cm³/mol. The van der Waals surface area contributed by atoms with E-state index in [1.165, 1.54) is 24.1 Å². The molecule has 0 radical (unpaired) electrons. The highest BCUT2D eigenvalue weighted by Gasteiger charge is 2.58. The fourth-order valence-corrected chi connectivity index (χ4v) is 8.89. The van der Waals surface area contributed by atoms with Crippen molar-refractivity contribution >= 4 is 16.8 Å². The second kappa shape index (κ2) is 7.81. The average Bonchev–Trinajstić information content (AvgIpc) is 3.32. The maximum absolute atomic E-state index is 13.5. The van der Waals surface area contributed by atoms with Gasteiger partial charge < -0.3 is 5.11 Å². The molecule has 4 aliphatic carbocycles. The molecule has 0 saturated heterocycles. The number of rotatable bonds is 3. The largest absolute Gasteiger partial charge is 0.390 e. The Kier molecular flexibility index (Phi) is 5.18. The van der Waals surface area contributed by atoms with E-state index in [4.69, 9.17) is 0 Å². The molecule has 34 heavy (non-hydrogen) atoms. The van der Waals surface area contributed by atoms with Crippen LogP contribution in [0.4, 0.5) is 8.78 Å². The van der Waals surface area contributed by atoms with Crippen LogP contribution in [0.1, 0.15) is 71.6 Å². The molecule has 7 heteroatoms. The molecule has 5 nitrogen and oxygen atoms in total. The monoisotopic (exact) mass is 471 g/mol. The van der Waals surface area contributed by atoms with Crippen molar-refractivity contribution in [3.05, 3.63) is 23.8 Å². The minimum atomic E-state index is -0.954. The van der Waals surface area contributed by atoms with Crippen LogP contribution in [-0.4, -0.2) is 31.5 Å². The number of nitrogens with zero attached hydrogens (tertiary/aromatic N) is 3. The Morgan fingerprint density at radius 2 is 1.65 bits per heavy atom. The first kappa shape index (κ1) is 22.6. The van der Waals surface area contributed by atoms with Crippen LogP contribution < -0.4 is 0 Å². The number of aromatic nitrogens is 3. The van der Waals surface area contributed by atoms with Crippen LogP contribution >= 0.6 is 0 Å². The lowest BCUT2D eigenvalue weighted by atomic mass is 9.49. The van der Waals surface area contributed by atoms with Crippen molar-refractivity contribution in [2.75, 3.05) is 0 Å². The summed E-state index contributed by atoms with van der Waals surface area (Å²) < 4.78 is 27.1. The van der Waals surface area contributed by atoms with Crippen molar-refractivity contribution in [2.24, 2.45) is 40.9 Å². The molecule has 4 fully saturated rings. The highest BCUT2D eigenvalue weighted by molar-refractivity contribution is 5.82. The highest BCUT2D eigenvalue weighted by Crippen LogP contribution is 2.64. The van der Waals surface area contributed by atoms with E-state index < -0.39 is 17.2 Å². The van der Waals surface area contributed by atoms with Gasteiger partial charge in [-0.15, -0.1) is 0 Å². The van der Waals surface area contributed by atoms with Gasteiger partial charge in [-0.1, -0.05) is 6.92 Å². The SMILES string of the molecule is CC1(O)CCC2C(CCC3C2CCC2(C)C(C(=O)Cn4nc5cc(F)c(F)cc5n4)CCC32)C1. The van der Waals surface area contributed by atoms with E-state index in [9.17, 15) is 18.7 Å². The zero-order chi connectivity index (χ0) is 23.8. The van der Waals surface area contributed by atoms with E-state index in [1.54, 1.807) is 0 Å². The van der Waals surface area contributed by atoms with Crippen LogP contribution in [-0.2, 0) is 11.3 Å². The van der Waals surface area contributed by atoms with Gasteiger partial charge in [0, 0.05) is 18.1 Å². The number of aliphatic hydroxyl groups is 1. The Hall–Kier alpha value is -1.89. The smallest absolute Gasteiger partial charge is 0.161 e. The van der Waals surface area contributed by atoms with Gasteiger partial charge in [0.1, 0.15) is 17.6 Å². The van der Waals surface area contributed by atoms with Crippen molar-refractivity contribution in [2.45, 2.75) is 83.8 Å². The molecule has 6 rings (SSSR count). The summed E-state index contributed by atoms with van der Waals surface area (Å²) in [6, 6.07) is 2.07. The second-order valence-electron chi connectivity index (χ2n) is 12.3. The quantitative estimate of drug-likeness (QED) is 0.660. The minimum Gasteiger partial charge on any atom is -0.390 e. The Balaban J connectivity index is 1.18. The number of Topliss-reactive ketones (excluding diaryl/α,β-unsaturated/α-hetero) is 1. The number of fused-ring (bicyclic) bond motifs is 6. The molecule has 0 aliphatic heterocycles. The number of carbonyl (C=O) groups excluding carboxylic acids is 1. The third-order valence-electron chi connectivity index (χ3n) is 10.4. The number of ketones is 1. The summed E-state index contributed by atoms with van der Waals surface area (Å²) in [4.78, 5) is 14.8. The molecule has 1 aromatic heterocycles. The third-order valence-corrected chi connectivity index (χ3v) is 10.4. The van der Waals surface area contributed by atoms with E-state index in [1.807, 2.05) is 6.92 Å². The standard InChI is InChI=1S/C27H35F2N3O2/c1-26(34)9-7-16-15(13-26)3-4-18-17(16)8-10-27(2)19(18)5-6-20(27)25(33)14-32-30-23-11-21(28)22(29)12-24(23)31-32/h11-12,15-20,34H,3-10,13-14H2,1-2H3. The highest BCUT2D eigenvalue weighted by atomic mass is 19.2. The molecule has 4 aliphatic rings. The summed E-state index contributed by atoms with van der Waals surface area (Å²) in [6.07, 6.45) is 9.74. The van der Waals surface area contributed by atoms with E-state index >= 15 is 0 Å². The molecule has 4 saturated carbocycles. The van der Waals surface area contributed by atoms with Gasteiger partial charge in [0.2, 0.25) is 0 Å². The Bertz CT molecular complexity index is 1090.